The fraction of sp³-hybridized carbons (Fsp3) is 0.409. The van der Waals surface area contributed by atoms with Crippen molar-refractivity contribution in [2.75, 3.05) is 13.1 Å². The lowest BCUT2D eigenvalue weighted by Crippen LogP contribution is -2.57. The lowest BCUT2D eigenvalue weighted by Gasteiger charge is -2.24. The highest BCUT2D eigenvalue weighted by atomic mass is 16.4. The third-order valence-corrected chi connectivity index (χ3v) is 4.84. The summed E-state index contributed by atoms with van der Waals surface area (Å²) < 4.78 is 0. The Kier molecular flexibility index (Phi) is 12.7. The molecule has 0 bridgehead atoms. The summed E-state index contributed by atoms with van der Waals surface area (Å²) in [5.41, 5.74) is 5.69. The molecule has 0 aromatic heterocycles. The summed E-state index contributed by atoms with van der Waals surface area (Å²) in [6.07, 6.45) is -2.05. The number of amides is 4. The Balaban J connectivity index is 2.99. The van der Waals surface area contributed by atoms with Crippen LogP contribution in [0, 0.1) is 0 Å². The molecule has 1 rings (SSSR count). The van der Waals surface area contributed by atoms with Crippen LogP contribution >= 0.6 is 0 Å². The highest BCUT2D eigenvalue weighted by molar-refractivity contribution is 5.95. The first kappa shape index (κ1) is 30.5. The Morgan fingerprint density at radius 3 is 1.89 bits per heavy atom. The first-order valence-corrected chi connectivity index (χ1v) is 11.0. The summed E-state index contributed by atoms with van der Waals surface area (Å²) in [6, 6.07) is 3.66. The van der Waals surface area contributed by atoms with E-state index in [9.17, 15) is 38.7 Å². The van der Waals surface area contributed by atoms with Crippen molar-refractivity contribution >= 4 is 41.5 Å². The lowest BCUT2D eigenvalue weighted by molar-refractivity contribution is -0.143. The molecule has 0 unspecified atom stereocenters. The quantitative estimate of drug-likeness (QED) is 0.110. The van der Waals surface area contributed by atoms with E-state index in [2.05, 4.69) is 21.3 Å². The van der Waals surface area contributed by atoms with E-state index in [-0.39, 0.29) is 6.42 Å². The molecular formula is C22H29N5O10. The fourth-order valence-electron chi connectivity index (χ4n) is 3.01. The Morgan fingerprint density at radius 2 is 1.35 bits per heavy atom. The maximum absolute atomic E-state index is 12.8. The van der Waals surface area contributed by atoms with Crippen LogP contribution in [0.2, 0.25) is 0 Å². The largest absolute Gasteiger partial charge is 0.481 e. The Labute approximate surface area is 210 Å². The summed E-state index contributed by atoms with van der Waals surface area (Å²) in [6.45, 7) is -1.02. The van der Waals surface area contributed by atoms with Crippen LogP contribution in [0.1, 0.15) is 24.8 Å². The number of hydrogen-bond acceptors (Lipinski definition) is 8. The molecule has 3 atom stereocenters. The lowest BCUT2D eigenvalue weighted by atomic mass is 10.0. The van der Waals surface area contributed by atoms with Gasteiger partial charge in [0, 0.05) is 12.8 Å². The van der Waals surface area contributed by atoms with Gasteiger partial charge in [0.2, 0.25) is 23.6 Å². The number of nitrogens with one attached hydrogen (secondary N) is 4. The molecule has 0 saturated carbocycles. The van der Waals surface area contributed by atoms with E-state index < -0.39 is 92.0 Å². The van der Waals surface area contributed by atoms with E-state index >= 15 is 0 Å². The monoisotopic (exact) mass is 523 g/mol. The topological polar surface area (TPSA) is 254 Å². The van der Waals surface area contributed by atoms with Gasteiger partial charge in [0.1, 0.15) is 18.1 Å². The molecule has 1 aromatic rings. The molecule has 0 saturated heterocycles. The van der Waals surface area contributed by atoms with E-state index in [4.69, 9.17) is 15.9 Å². The molecule has 0 aliphatic heterocycles. The highest BCUT2D eigenvalue weighted by Crippen LogP contribution is 2.06. The minimum Gasteiger partial charge on any atom is -0.481 e. The smallest absolute Gasteiger partial charge is 0.326 e. The van der Waals surface area contributed by atoms with E-state index in [0.717, 1.165) is 0 Å². The van der Waals surface area contributed by atoms with Crippen LogP contribution in [-0.2, 0) is 40.0 Å². The van der Waals surface area contributed by atoms with Crippen molar-refractivity contribution in [3.63, 3.8) is 0 Å². The van der Waals surface area contributed by atoms with E-state index in [1.165, 1.54) is 0 Å². The van der Waals surface area contributed by atoms with Gasteiger partial charge in [0.25, 0.3) is 0 Å². The molecule has 37 heavy (non-hydrogen) atoms. The van der Waals surface area contributed by atoms with Gasteiger partial charge in [-0.3, -0.25) is 28.8 Å². The van der Waals surface area contributed by atoms with Gasteiger partial charge < -0.3 is 42.3 Å². The summed E-state index contributed by atoms with van der Waals surface area (Å²) in [5.74, 6) is -7.93. The van der Waals surface area contributed by atoms with Crippen LogP contribution < -0.4 is 27.0 Å². The van der Waals surface area contributed by atoms with E-state index in [1.54, 1.807) is 30.3 Å². The molecule has 1 aromatic carbocycles. The van der Waals surface area contributed by atoms with Gasteiger partial charge in [-0.25, -0.2) is 4.79 Å². The number of carboxylic acids is 3. The molecule has 0 heterocycles. The van der Waals surface area contributed by atoms with Crippen molar-refractivity contribution in [1.82, 2.24) is 21.3 Å². The summed E-state index contributed by atoms with van der Waals surface area (Å²) in [7, 11) is 0. The molecule has 15 heteroatoms. The van der Waals surface area contributed by atoms with Crippen molar-refractivity contribution in [3.05, 3.63) is 35.9 Å². The Bertz CT molecular complexity index is 1000. The minimum atomic E-state index is -1.69. The van der Waals surface area contributed by atoms with Crippen LogP contribution in [0.25, 0.3) is 0 Å². The molecule has 0 fully saturated rings. The standard InChI is InChI=1S/C22H29N5O10/c23-10-16(28)24-11-17(29)25-14(9-19(32)33)21(35)26-13(6-7-18(30)31)20(34)27-15(22(36)37)8-12-4-2-1-3-5-12/h1-5,13-15H,6-11,23H2,(H,24,28)(H,25,29)(H,26,35)(H,27,34)(H,30,31)(H,32,33)(H,36,37)/t13-,14-,15-/m0/s1. The predicted octanol–water partition coefficient (Wildman–Crippen LogP) is -2.82. The number of nitrogens with two attached hydrogens (primary N) is 1. The number of benzene rings is 1. The molecule has 15 nitrogen and oxygen atoms in total. The van der Waals surface area contributed by atoms with Crippen LogP contribution in [-0.4, -0.2) is 88.1 Å². The first-order chi connectivity index (χ1) is 17.4. The Morgan fingerprint density at radius 1 is 0.757 bits per heavy atom. The van der Waals surface area contributed by atoms with Crippen molar-refractivity contribution in [2.45, 2.75) is 43.8 Å². The minimum absolute atomic E-state index is 0.103. The summed E-state index contributed by atoms with van der Waals surface area (Å²) in [5, 5.41) is 36.3. The molecular weight excluding hydrogens is 494 g/mol. The molecule has 0 spiro atoms. The van der Waals surface area contributed by atoms with Gasteiger partial charge in [-0.1, -0.05) is 30.3 Å². The fourth-order valence-corrected chi connectivity index (χ4v) is 3.01. The number of aliphatic carboxylic acids is 3. The normalized spacial score (nSPS) is 12.8. The number of rotatable bonds is 16. The van der Waals surface area contributed by atoms with Crippen molar-refractivity contribution in [1.29, 1.82) is 0 Å². The predicted molar refractivity (Wildman–Crippen MR) is 125 cm³/mol. The number of carbonyl (C=O) groups is 7. The molecule has 0 radical (unpaired) electrons. The maximum atomic E-state index is 12.8. The third-order valence-electron chi connectivity index (χ3n) is 4.84. The Hall–Kier alpha value is -4.53. The van der Waals surface area contributed by atoms with Crippen LogP contribution in [0.4, 0.5) is 0 Å². The van der Waals surface area contributed by atoms with E-state index in [0.29, 0.717) is 5.56 Å². The zero-order valence-corrected chi connectivity index (χ0v) is 19.6. The maximum Gasteiger partial charge on any atom is 0.326 e. The molecule has 0 aliphatic rings. The second-order valence-corrected chi connectivity index (χ2v) is 7.78. The van der Waals surface area contributed by atoms with Crippen molar-refractivity contribution < 1.29 is 48.9 Å². The van der Waals surface area contributed by atoms with Crippen LogP contribution in [0.5, 0.6) is 0 Å². The SMILES string of the molecule is NCC(=O)NCC(=O)N[C@@H](CC(=O)O)C(=O)N[C@@H](CCC(=O)O)C(=O)N[C@@H](Cc1ccccc1)C(=O)O. The first-order valence-electron chi connectivity index (χ1n) is 11.0. The second kappa shape index (κ2) is 15.5. The molecule has 202 valence electrons. The van der Waals surface area contributed by atoms with Gasteiger partial charge in [0.15, 0.2) is 0 Å². The number of carboxylic acid groups (broad SMARTS) is 3. The summed E-state index contributed by atoms with van der Waals surface area (Å²) in [4.78, 5) is 82.7. The third kappa shape index (κ3) is 12.1. The van der Waals surface area contributed by atoms with Crippen LogP contribution in [0.3, 0.4) is 0 Å². The van der Waals surface area contributed by atoms with E-state index in [1.807, 2.05) is 0 Å². The number of carbonyl (C=O) groups excluding carboxylic acids is 4. The zero-order valence-electron chi connectivity index (χ0n) is 19.6. The van der Waals surface area contributed by atoms with Crippen LogP contribution in [0.15, 0.2) is 30.3 Å². The molecule has 0 aliphatic carbocycles. The van der Waals surface area contributed by atoms with Gasteiger partial charge in [-0.15, -0.1) is 0 Å². The molecule has 9 N–H and O–H groups in total. The second-order valence-electron chi connectivity index (χ2n) is 7.78. The van der Waals surface area contributed by atoms with Gasteiger partial charge >= 0.3 is 17.9 Å². The number of hydrogen-bond donors (Lipinski definition) is 8. The van der Waals surface area contributed by atoms with Gasteiger partial charge in [-0.05, 0) is 12.0 Å². The van der Waals surface area contributed by atoms with Gasteiger partial charge in [0.05, 0.1) is 19.5 Å². The highest BCUT2D eigenvalue weighted by Gasteiger charge is 2.31. The molecule has 4 amide bonds. The average Bonchev–Trinajstić information content (AvgIpc) is 2.84. The zero-order chi connectivity index (χ0) is 28.0. The average molecular weight is 523 g/mol. The van der Waals surface area contributed by atoms with Gasteiger partial charge in [-0.2, -0.15) is 0 Å². The summed E-state index contributed by atoms with van der Waals surface area (Å²) >= 11 is 0. The van der Waals surface area contributed by atoms with Crippen molar-refractivity contribution in [2.24, 2.45) is 5.73 Å². The van der Waals surface area contributed by atoms with Crippen molar-refractivity contribution in [3.8, 4) is 0 Å².